The van der Waals surface area contributed by atoms with Crippen molar-refractivity contribution in [1.29, 1.82) is 0 Å². The average Bonchev–Trinajstić information content (AvgIpc) is 2.02. The number of nitrogens with zero attached hydrogens (tertiary/aromatic N) is 1. The van der Waals surface area contributed by atoms with Gasteiger partial charge >= 0.3 is 0 Å². The smallest absolute Gasteiger partial charge is 0.214 e. The Balaban J connectivity index is 4.12. The van der Waals surface area contributed by atoms with Gasteiger partial charge in [0.05, 0.1) is 11.5 Å². The van der Waals surface area contributed by atoms with Gasteiger partial charge in [-0.25, -0.2) is 25.9 Å². The summed E-state index contributed by atoms with van der Waals surface area (Å²) in [5, 5.41) is 0. The molecule has 0 fully saturated rings. The molecule has 0 saturated carbocycles. The van der Waals surface area contributed by atoms with E-state index in [4.69, 9.17) is 11.6 Å². The first-order valence-electron chi connectivity index (χ1n) is 4.15. The Kier molecular flexibility index (Phi) is 6.04. The third kappa shape index (κ3) is 6.31. The van der Waals surface area contributed by atoms with Crippen molar-refractivity contribution in [2.75, 3.05) is 38.0 Å². The Bertz CT molecular complexity index is 376. The zero-order valence-electron chi connectivity index (χ0n) is 8.60. The highest BCUT2D eigenvalue weighted by Gasteiger charge is 2.15. The molecule has 0 radical (unpaired) electrons. The van der Waals surface area contributed by atoms with Gasteiger partial charge in [-0.3, -0.25) is 0 Å². The van der Waals surface area contributed by atoms with Crippen LogP contribution in [0.15, 0.2) is 0 Å². The molecule has 0 saturated heterocycles. The Morgan fingerprint density at radius 3 is 2.07 bits per heavy atom. The molecule has 0 rings (SSSR count). The van der Waals surface area contributed by atoms with E-state index in [1.807, 2.05) is 0 Å². The highest BCUT2D eigenvalue weighted by atomic mass is 35.5. The second-order valence-corrected chi connectivity index (χ2v) is 7.61. The molecule has 0 amide bonds. The van der Waals surface area contributed by atoms with Gasteiger partial charge in [-0.2, -0.15) is 0 Å². The van der Waals surface area contributed by atoms with Crippen molar-refractivity contribution in [1.82, 2.24) is 9.03 Å². The molecular weight excluding hydrogens is 264 g/mol. The third-order valence-corrected chi connectivity index (χ3v) is 5.22. The van der Waals surface area contributed by atoms with Gasteiger partial charge in [-0.05, 0) is 0 Å². The SMILES string of the molecule is CN(C)S(=O)(=O)CCNS(=O)(=O)CCCl. The summed E-state index contributed by atoms with van der Waals surface area (Å²) in [5.74, 6) is -0.492. The van der Waals surface area contributed by atoms with E-state index < -0.39 is 20.0 Å². The molecule has 92 valence electrons. The van der Waals surface area contributed by atoms with E-state index in [9.17, 15) is 16.8 Å². The highest BCUT2D eigenvalue weighted by Crippen LogP contribution is 1.93. The van der Waals surface area contributed by atoms with Gasteiger partial charge in [0.1, 0.15) is 0 Å². The van der Waals surface area contributed by atoms with Crippen molar-refractivity contribution in [3.63, 3.8) is 0 Å². The van der Waals surface area contributed by atoms with Crippen LogP contribution in [0.25, 0.3) is 0 Å². The zero-order valence-corrected chi connectivity index (χ0v) is 11.0. The van der Waals surface area contributed by atoms with Crippen molar-refractivity contribution < 1.29 is 16.8 Å². The summed E-state index contributed by atoms with van der Waals surface area (Å²) in [6.07, 6.45) is 0. The minimum Gasteiger partial charge on any atom is -0.214 e. The lowest BCUT2D eigenvalue weighted by Gasteiger charge is -2.11. The highest BCUT2D eigenvalue weighted by molar-refractivity contribution is 7.90. The molecule has 1 N–H and O–H groups in total. The molecular formula is C6H15ClN2O4S2. The maximum Gasteiger partial charge on any atom is 0.214 e. The molecule has 0 heterocycles. The molecule has 0 aliphatic rings. The summed E-state index contributed by atoms with van der Waals surface area (Å²) in [5.41, 5.74) is 0. The van der Waals surface area contributed by atoms with Crippen LogP contribution in [0, 0.1) is 0 Å². The zero-order chi connectivity index (χ0) is 12.1. The maximum absolute atomic E-state index is 11.2. The first-order chi connectivity index (χ1) is 6.71. The van der Waals surface area contributed by atoms with Gasteiger partial charge in [-0.1, -0.05) is 0 Å². The topological polar surface area (TPSA) is 83.6 Å². The van der Waals surface area contributed by atoms with Crippen LogP contribution in [0.4, 0.5) is 0 Å². The van der Waals surface area contributed by atoms with Gasteiger partial charge in [-0.15, -0.1) is 11.6 Å². The second-order valence-electron chi connectivity index (χ2n) is 3.00. The van der Waals surface area contributed by atoms with E-state index in [1.54, 1.807) is 0 Å². The van der Waals surface area contributed by atoms with Crippen LogP contribution in [0.2, 0.25) is 0 Å². The van der Waals surface area contributed by atoms with Crippen molar-refractivity contribution in [3.8, 4) is 0 Å². The maximum atomic E-state index is 11.2. The van der Waals surface area contributed by atoms with E-state index in [1.165, 1.54) is 14.1 Å². The van der Waals surface area contributed by atoms with Crippen LogP contribution < -0.4 is 4.72 Å². The van der Waals surface area contributed by atoms with Gasteiger partial charge in [0, 0.05) is 26.5 Å². The summed E-state index contributed by atoms with van der Waals surface area (Å²) in [4.78, 5) is 0. The Morgan fingerprint density at radius 1 is 1.13 bits per heavy atom. The lowest BCUT2D eigenvalue weighted by atomic mass is 10.8. The quantitative estimate of drug-likeness (QED) is 0.608. The number of rotatable bonds is 7. The monoisotopic (exact) mass is 278 g/mol. The molecule has 0 bridgehead atoms. The summed E-state index contributed by atoms with van der Waals surface area (Å²) >= 11 is 5.26. The number of sulfonamides is 2. The fraction of sp³-hybridized carbons (Fsp3) is 1.00. The normalized spacial score (nSPS) is 13.3. The molecule has 0 aromatic heterocycles. The van der Waals surface area contributed by atoms with Crippen molar-refractivity contribution in [3.05, 3.63) is 0 Å². The van der Waals surface area contributed by atoms with Crippen molar-refractivity contribution in [2.45, 2.75) is 0 Å². The van der Waals surface area contributed by atoms with Gasteiger partial charge in [0.25, 0.3) is 0 Å². The summed E-state index contributed by atoms with van der Waals surface area (Å²) in [7, 11) is -4.02. The third-order valence-electron chi connectivity index (χ3n) is 1.58. The van der Waals surface area contributed by atoms with Crippen LogP contribution >= 0.6 is 11.6 Å². The first kappa shape index (κ1) is 15.1. The molecule has 0 unspecified atom stereocenters. The average molecular weight is 279 g/mol. The minimum absolute atomic E-state index is 0.0181. The van der Waals surface area contributed by atoms with Crippen LogP contribution in [-0.2, 0) is 20.0 Å². The van der Waals surface area contributed by atoms with E-state index in [-0.39, 0.29) is 23.9 Å². The summed E-state index contributed by atoms with van der Waals surface area (Å²) < 4.78 is 47.8. The van der Waals surface area contributed by atoms with Crippen LogP contribution in [0.5, 0.6) is 0 Å². The molecule has 0 aromatic carbocycles. The Labute approximate surface area is 95.7 Å². The van der Waals surface area contributed by atoms with E-state index in [0.29, 0.717) is 0 Å². The van der Waals surface area contributed by atoms with Crippen LogP contribution in [0.3, 0.4) is 0 Å². The number of hydrogen-bond acceptors (Lipinski definition) is 4. The number of nitrogens with one attached hydrogen (secondary N) is 1. The van der Waals surface area contributed by atoms with Gasteiger partial charge in [0.2, 0.25) is 20.0 Å². The minimum atomic E-state index is -3.44. The van der Waals surface area contributed by atoms with Gasteiger partial charge in [0.15, 0.2) is 0 Å². The molecule has 6 nitrogen and oxygen atoms in total. The van der Waals surface area contributed by atoms with Crippen molar-refractivity contribution in [2.24, 2.45) is 0 Å². The molecule has 0 aromatic rings. The van der Waals surface area contributed by atoms with E-state index in [2.05, 4.69) is 4.72 Å². The predicted octanol–water partition coefficient (Wildman–Crippen LogP) is -0.964. The second kappa shape index (κ2) is 6.00. The van der Waals surface area contributed by atoms with E-state index in [0.717, 1.165) is 4.31 Å². The van der Waals surface area contributed by atoms with Gasteiger partial charge < -0.3 is 0 Å². The molecule has 0 aliphatic heterocycles. The molecule has 9 heteroatoms. The Morgan fingerprint density at radius 2 is 1.67 bits per heavy atom. The lowest BCUT2D eigenvalue weighted by molar-refractivity contribution is 0.519. The molecule has 0 aliphatic carbocycles. The number of halogens is 1. The van der Waals surface area contributed by atoms with Crippen LogP contribution in [-0.4, -0.2) is 59.2 Å². The summed E-state index contributed by atoms with van der Waals surface area (Å²) in [6, 6.07) is 0. The molecule has 0 atom stereocenters. The van der Waals surface area contributed by atoms with E-state index >= 15 is 0 Å². The number of alkyl halides is 1. The largest absolute Gasteiger partial charge is 0.214 e. The Hall–Kier alpha value is 0.110. The standard InChI is InChI=1S/C6H15ClN2O4S2/c1-9(2)15(12,13)6-4-8-14(10,11)5-3-7/h8H,3-6H2,1-2H3. The first-order valence-corrected chi connectivity index (χ1v) is 7.94. The fourth-order valence-corrected chi connectivity index (χ4v) is 2.91. The van der Waals surface area contributed by atoms with Crippen LogP contribution in [0.1, 0.15) is 0 Å². The molecule has 0 spiro atoms. The molecule has 15 heavy (non-hydrogen) atoms. The number of hydrogen-bond donors (Lipinski definition) is 1. The lowest BCUT2D eigenvalue weighted by Crippen LogP contribution is -2.35. The predicted molar refractivity (Wildman–Crippen MR) is 60.0 cm³/mol. The fourth-order valence-electron chi connectivity index (χ4n) is 0.682. The van der Waals surface area contributed by atoms with Crippen molar-refractivity contribution >= 4 is 31.6 Å². The summed E-state index contributed by atoms with van der Waals surface area (Å²) in [6.45, 7) is -0.139.